The van der Waals surface area contributed by atoms with Gasteiger partial charge in [0.15, 0.2) is 0 Å². The third-order valence-electron chi connectivity index (χ3n) is 9.24. The van der Waals surface area contributed by atoms with Gasteiger partial charge in [0, 0.05) is 12.8 Å². The molecule has 0 aliphatic heterocycles. The Morgan fingerprint density at radius 1 is 0.580 bits per heavy atom. The van der Waals surface area contributed by atoms with Gasteiger partial charge in [-0.15, -0.1) is 0 Å². The lowest BCUT2D eigenvalue weighted by Crippen LogP contribution is -2.47. The summed E-state index contributed by atoms with van der Waals surface area (Å²) in [5, 5.41) is 22.4. The second-order valence-corrected chi connectivity index (χ2v) is 14.1. The molecule has 0 fully saturated rings. The van der Waals surface area contributed by atoms with Crippen LogP contribution in [0.1, 0.15) is 200 Å². The lowest BCUT2D eigenvalue weighted by atomic mass is 10.0. The van der Waals surface area contributed by atoms with Crippen molar-refractivity contribution in [3.05, 3.63) is 12.2 Å². The Bertz CT molecular complexity index is 864. The number of allylic oxidation sites excluding steroid dienone is 2. The van der Waals surface area contributed by atoms with Crippen LogP contribution in [-0.4, -0.2) is 59.3 Å². The van der Waals surface area contributed by atoms with Gasteiger partial charge < -0.3 is 25.6 Å². The monoisotopic (exact) mass is 709 g/mol. The molecule has 0 saturated heterocycles. The number of hydrogen-bond donors (Lipinski definition) is 4. The zero-order valence-electron chi connectivity index (χ0n) is 32.2. The highest BCUT2D eigenvalue weighted by atomic mass is 16.5. The Hall–Kier alpha value is -2.42. The molecule has 0 aromatic heterocycles. The van der Waals surface area contributed by atoms with Gasteiger partial charge in [-0.25, -0.2) is 4.79 Å². The van der Waals surface area contributed by atoms with E-state index < -0.39 is 24.5 Å². The maximum Gasteiger partial charge on any atom is 0.328 e. The molecule has 0 radical (unpaired) electrons. The van der Waals surface area contributed by atoms with E-state index in [9.17, 15) is 19.2 Å². The summed E-state index contributed by atoms with van der Waals surface area (Å²) in [6.07, 6.45) is 37.7. The van der Waals surface area contributed by atoms with Crippen molar-refractivity contribution >= 4 is 23.8 Å². The molecule has 9 nitrogen and oxygen atoms in total. The van der Waals surface area contributed by atoms with E-state index in [-0.39, 0.29) is 30.9 Å². The second-order valence-electron chi connectivity index (χ2n) is 14.1. The molecule has 0 rings (SSSR count). The Morgan fingerprint density at radius 3 is 1.56 bits per heavy atom. The van der Waals surface area contributed by atoms with Gasteiger partial charge in [0.25, 0.3) is 0 Å². The maximum atomic E-state index is 12.4. The minimum Gasteiger partial charge on any atom is -0.480 e. The first-order valence-corrected chi connectivity index (χ1v) is 20.6. The molecule has 0 aromatic carbocycles. The summed E-state index contributed by atoms with van der Waals surface area (Å²) in [5.74, 6) is -2.40. The molecule has 2 amide bonds. The SMILES string of the molecule is CCCCCCCCCC/C=C\CCCCCCCCCCCCCC(=O)OC(CCC)CCCCCC(=O)NCC(=O)NC(CO)C(=O)O. The van der Waals surface area contributed by atoms with Crippen molar-refractivity contribution < 1.29 is 34.1 Å². The van der Waals surface area contributed by atoms with E-state index in [0.29, 0.717) is 12.8 Å². The third-order valence-corrected chi connectivity index (χ3v) is 9.24. The number of ether oxygens (including phenoxy) is 1. The van der Waals surface area contributed by atoms with Crippen molar-refractivity contribution in [2.45, 2.75) is 212 Å². The highest BCUT2D eigenvalue weighted by Gasteiger charge is 2.19. The van der Waals surface area contributed by atoms with Gasteiger partial charge in [0.05, 0.1) is 13.2 Å². The van der Waals surface area contributed by atoms with Gasteiger partial charge in [0.2, 0.25) is 11.8 Å². The number of carboxylic acids is 1. The van der Waals surface area contributed by atoms with Crippen LogP contribution in [-0.2, 0) is 23.9 Å². The topological polar surface area (TPSA) is 142 Å². The number of carbonyl (C=O) groups is 4. The van der Waals surface area contributed by atoms with Gasteiger partial charge in [-0.05, 0) is 57.8 Å². The largest absolute Gasteiger partial charge is 0.480 e. The number of unbranched alkanes of at least 4 members (excludes halogenated alkanes) is 21. The number of aliphatic carboxylic acids is 1. The van der Waals surface area contributed by atoms with Crippen LogP contribution in [0.4, 0.5) is 0 Å². The molecule has 9 heteroatoms. The average Bonchev–Trinajstić information content (AvgIpc) is 3.09. The van der Waals surface area contributed by atoms with Gasteiger partial charge >= 0.3 is 11.9 Å². The van der Waals surface area contributed by atoms with Crippen molar-refractivity contribution in [3.63, 3.8) is 0 Å². The van der Waals surface area contributed by atoms with Crippen molar-refractivity contribution in [1.29, 1.82) is 0 Å². The molecule has 0 saturated carbocycles. The molecular weight excluding hydrogens is 632 g/mol. The number of esters is 1. The summed E-state index contributed by atoms with van der Waals surface area (Å²) < 4.78 is 5.76. The predicted molar refractivity (Wildman–Crippen MR) is 204 cm³/mol. The zero-order chi connectivity index (χ0) is 36.9. The van der Waals surface area contributed by atoms with Crippen LogP contribution in [0.15, 0.2) is 12.2 Å². The number of amides is 2. The summed E-state index contributed by atoms with van der Waals surface area (Å²) in [7, 11) is 0. The Balaban J connectivity index is 3.65. The van der Waals surface area contributed by atoms with Crippen LogP contribution < -0.4 is 10.6 Å². The number of carbonyl (C=O) groups excluding carboxylic acids is 3. The van der Waals surface area contributed by atoms with Crippen LogP contribution in [0.5, 0.6) is 0 Å². The van der Waals surface area contributed by atoms with Crippen LogP contribution in [0.3, 0.4) is 0 Å². The van der Waals surface area contributed by atoms with E-state index in [1.807, 2.05) is 0 Å². The zero-order valence-corrected chi connectivity index (χ0v) is 32.2. The van der Waals surface area contributed by atoms with E-state index in [1.165, 1.54) is 122 Å². The van der Waals surface area contributed by atoms with E-state index in [1.54, 1.807) is 0 Å². The molecule has 0 aliphatic rings. The van der Waals surface area contributed by atoms with Crippen LogP contribution >= 0.6 is 0 Å². The summed E-state index contributed by atoms with van der Waals surface area (Å²) in [6, 6.07) is -1.39. The summed E-state index contributed by atoms with van der Waals surface area (Å²) in [6.45, 7) is 3.30. The Labute approximate surface area is 305 Å². The number of nitrogens with one attached hydrogen (secondary N) is 2. The van der Waals surface area contributed by atoms with Crippen molar-refractivity contribution in [2.75, 3.05) is 13.2 Å². The number of aliphatic hydroxyl groups is 1. The number of rotatable bonds is 37. The predicted octanol–water partition coefficient (Wildman–Crippen LogP) is 9.49. The molecule has 0 heterocycles. The van der Waals surface area contributed by atoms with Gasteiger partial charge in [-0.2, -0.15) is 0 Å². The smallest absolute Gasteiger partial charge is 0.328 e. The highest BCUT2D eigenvalue weighted by Crippen LogP contribution is 2.17. The molecular formula is C41H76N2O7. The first-order valence-electron chi connectivity index (χ1n) is 20.6. The molecule has 0 spiro atoms. The Morgan fingerprint density at radius 2 is 1.06 bits per heavy atom. The summed E-state index contributed by atoms with van der Waals surface area (Å²) in [5.41, 5.74) is 0. The number of aliphatic hydroxyl groups excluding tert-OH is 1. The highest BCUT2D eigenvalue weighted by molar-refractivity contribution is 5.87. The van der Waals surface area contributed by atoms with Crippen molar-refractivity contribution in [3.8, 4) is 0 Å². The fraction of sp³-hybridized carbons (Fsp3) is 0.854. The number of hydrogen-bond acceptors (Lipinski definition) is 6. The van der Waals surface area contributed by atoms with Gasteiger partial charge in [-0.3, -0.25) is 14.4 Å². The van der Waals surface area contributed by atoms with Crippen LogP contribution in [0.2, 0.25) is 0 Å². The quantitative estimate of drug-likeness (QED) is 0.0286. The maximum absolute atomic E-state index is 12.4. The first-order chi connectivity index (χ1) is 24.3. The van der Waals surface area contributed by atoms with E-state index in [4.69, 9.17) is 14.9 Å². The van der Waals surface area contributed by atoms with E-state index >= 15 is 0 Å². The van der Waals surface area contributed by atoms with Gasteiger partial charge in [-0.1, -0.05) is 142 Å². The first kappa shape index (κ1) is 47.6. The Kier molecular flexibility index (Phi) is 34.6. The van der Waals surface area contributed by atoms with Crippen LogP contribution in [0.25, 0.3) is 0 Å². The number of carboxylic acid groups (broad SMARTS) is 1. The lowest BCUT2D eigenvalue weighted by Gasteiger charge is -2.17. The molecule has 0 aliphatic carbocycles. The molecule has 2 atom stereocenters. The fourth-order valence-electron chi connectivity index (χ4n) is 6.12. The molecule has 0 bridgehead atoms. The molecule has 4 N–H and O–H groups in total. The van der Waals surface area contributed by atoms with Crippen LogP contribution in [0, 0.1) is 0 Å². The molecule has 0 aromatic rings. The third kappa shape index (κ3) is 32.8. The summed E-state index contributed by atoms with van der Waals surface area (Å²) in [4.78, 5) is 47.0. The average molecular weight is 709 g/mol. The van der Waals surface area contributed by atoms with E-state index in [0.717, 1.165) is 44.9 Å². The fourth-order valence-corrected chi connectivity index (χ4v) is 6.12. The normalized spacial score (nSPS) is 12.5. The molecule has 292 valence electrons. The molecule has 50 heavy (non-hydrogen) atoms. The van der Waals surface area contributed by atoms with Crippen molar-refractivity contribution in [1.82, 2.24) is 10.6 Å². The summed E-state index contributed by atoms with van der Waals surface area (Å²) >= 11 is 0. The minimum absolute atomic E-state index is 0.0836. The molecule has 2 unspecified atom stereocenters. The second kappa shape index (κ2) is 36.4. The standard InChI is InChI=1S/C41H76N2O7/c1-3-5-6-7-8-9-10-11-12-13-14-15-16-17-18-19-20-21-22-23-24-25-29-33-40(47)50-36(30-4-2)31-27-26-28-32-38(45)42-34-39(46)43-37(35-44)41(48)49/h13-14,36-37,44H,3-12,15-35H2,1-2H3,(H,42,45)(H,43,46)(H,48,49)/b14-13-. The van der Waals surface area contributed by atoms with Gasteiger partial charge in [0.1, 0.15) is 12.1 Å². The minimum atomic E-state index is -1.39. The van der Waals surface area contributed by atoms with E-state index in [2.05, 4.69) is 36.6 Å². The van der Waals surface area contributed by atoms with Crippen molar-refractivity contribution in [2.24, 2.45) is 0 Å². The lowest BCUT2D eigenvalue weighted by molar-refractivity contribution is -0.150.